The summed E-state index contributed by atoms with van der Waals surface area (Å²) in [6.45, 7) is 6.71. The molecule has 0 unspecified atom stereocenters. The molecular weight excluding hydrogens is 174 g/mol. The molecule has 1 amide bonds. The topological polar surface area (TPSA) is 72.8 Å². The molecule has 0 aliphatic heterocycles. The summed E-state index contributed by atoms with van der Waals surface area (Å²) in [6.07, 6.45) is 2.01. The Morgan fingerprint density at radius 3 is 2.23 bits per heavy atom. The summed E-state index contributed by atoms with van der Waals surface area (Å²) < 4.78 is 4.40. The number of ether oxygens (including phenoxy) is 1. The van der Waals surface area contributed by atoms with Gasteiger partial charge in [0.2, 0.25) is 6.08 Å². The molecule has 0 saturated carbocycles. The number of hydrogen-bond donors (Lipinski definition) is 0. The van der Waals surface area contributed by atoms with Crippen LogP contribution < -0.4 is 0 Å². The molecule has 0 N–H and O–H groups in total. The molecule has 0 spiro atoms. The summed E-state index contributed by atoms with van der Waals surface area (Å²) in [6, 6.07) is 0. The molecule has 0 aromatic carbocycles. The largest absolute Gasteiger partial charge is 0.466 e. The second-order valence-corrected chi connectivity index (χ2v) is 1.67. The molecule has 0 rings (SSSR count). The number of nitrogens with zero attached hydrogens (tertiary/aromatic N) is 1. The molecule has 0 saturated heterocycles. The number of aliphatic imine (C=N–C) groups is 1. The van der Waals surface area contributed by atoms with Crippen molar-refractivity contribution in [3.63, 3.8) is 0 Å². The summed E-state index contributed by atoms with van der Waals surface area (Å²) in [5, 5.41) is 0. The van der Waals surface area contributed by atoms with Crippen LogP contribution in [0.5, 0.6) is 0 Å². The lowest BCUT2D eigenvalue weighted by Gasteiger charge is -1.89. The molecule has 0 aromatic rings. The van der Waals surface area contributed by atoms with Gasteiger partial charge in [0.15, 0.2) is 0 Å². The highest BCUT2D eigenvalue weighted by Crippen LogP contribution is 1.69. The van der Waals surface area contributed by atoms with E-state index in [4.69, 9.17) is 0 Å². The standard InChI is InChI=1S/C4H3NO2.C4H8O2/c1-2-4(7)5-3-6;1-3-6-4(2)5/h2H,1H2;3H2,1-2H3. The Bertz CT molecular complexity index is 228. The molecule has 0 aromatic heterocycles. The maximum atomic E-state index is 9.86. The zero-order chi connectivity index (χ0) is 10.7. The van der Waals surface area contributed by atoms with Gasteiger partial charge in [0, 0.05) is 6.92 Å². The van der Waals surface area contributed by atoms with Gasteiger partial charge in [0.1, 0.15) is 0 Å². The van der Waals surface area contributed by atoms with E-state index in [0.29, 0.717) is 6.61 Å². The fraction of sp³-hybridized carbons (Fsp3) is 0.375. The van der Waals surface area contributed by atoms with E-state index >= 15 is 0 Å². The van der Waals surface area contributed by atoms with Gasteiger partial charge in [-0.3, -0.25) is 9.59 Å². The fourth-order valence-electron chi connectivity index (χ4n) is 0.294. The van der Waals surface area contributed by atoms with Crippen molar-refractivity contribution >= 4 is 18.0 Å². The first-order valence-corrected chi connectivity index (χ1v) is 3.46. The number of esters is 1. The van der Waals surface area contributed by atoms with Crippen LogP contribution in [0.1, 0.15) is 13.8 Å². The van der Waals surface area contributed by atoms with Gasteiger partial charge in [0.05, 0.1) is 6.61 Å². The van der Waals surface area contributed by atoms with Crippen LogP contribution in [0.4, 0.5) is 0 Å². The molecule has 5 heteroatoms. The van der Waals surface area contributed by atoms with E-state index in [0.717, 1.165) is 12.2 Å². The van der Waals surface area contributed by atoms with Gasteiger partial charge >= 0.3 is 5.97 Å². The smallest absolute Gasteiger partial charge is 0.302 e. The second-order valence-electron chi connectivity index (χ2n) is 1.67. The Morgan fingerprint density at radius 2 is 2.15 bits per heavy atom. The highest BCUT2D eigenvalue weighted by Gasteiger charge is 1.82. The van der Waals surface area contributed by atoms with Crippen molar-refractivity contribution in [1.82, 2.24) is 0 Å². The normalized spacial score (nSPS) is 6.92. The summed E-state index contributed by atoms with van der Waals surface area (Å²) in [5.74, 6) is -0.868. The number of rotatable bonds is 2. The quantitative estimate of drug-likeness (QED) is 0.273. The van der Waals surface area contributed by atoms with Gasteiger partial charge in [-0.2, -0.15) is 0 Å². The van der Waals surface area contributed by atoms with Crippen molar-refractivity contribution in [2.75, 3.05) is 6.61 Å². The van der Waals surface area contributed by atoms with Crippen LogP contribution in [0.3, 0.4) is 0 Å². The van der Waals surface area contributed by atoms with Crippen LogP contribution >= 0.6 is 0 Å². The van der Waals surface area contributed by atoms with Gasteiger partial charge in [0.25, 0.3) is 5.91 Å². The third kappa shape index (κ3) is 17.9. The molecule has 0 heterocycles. The SMILES string of the molecule is C=CC(=O)N=C=O.CCOC(C)=O. The van der Waals surface area contributed by atoms with Crippen molar-refractivity contribution in [2.24, 2.45) is 4.99 Å². The Balaban J connectivity index is 0. The van der Waals surface area contributed by atoms with Crippen LogP contribution in [0.2, 0.25) is 0 Å². The highest BCUT2D eigenvalue weighted by atomic mass is 16.5. The molecule has 0 aliphatic carbocycles. The lowest BCUT2D eigenvalue weighted by molar-refractivity contribution is -0.140. The van der Waals surface area contributed by atoms with Gasteiger partial charge in [-0.05, 0) is 13.0 Å². The van der Waals surface area contributed by atoms with Crippen LogP contribution in [0.25, 0.3) is 0 Å². The van der Waals surface area contributed by atoms with E-state index < -0.39 is 5.91 Å². The van der Waals surface area contributed by atoms with E-state index in [1.807, 2.05) is 0 Å². The average Bonchev–Trinajstić information content (AvgIpc) is 2.05. The Hall–Kier alpha value is -1.74. The van der Waals surface area contributed by atoms with E-state index in [-0.39, 0.29) is 5.97 Å². The summed E-state index contributed by atoms with van der Waals surface area (Å²) in [4.78, 5) is 31.6. The predicted molar refractivity (Wildman–Crippen MR) is 45.6 cm³/mol. The molecule has 0 bridgehead atoms. The lowest BCUT2D eigenvalue weighted by atomic mass is 10.6. The van der Waals surface area contributed by atoms with Crippen LogP contribution in [0, 0.1) is 0 Å². The van der Waals surface area contributed by atoms with Crippen molar-refractivity contribution < 1.29 is 19.1 Å². The Morgan fingerprint density at radius 1 is 1.62 bits per heavy atom. The molecule has 5 nitrogen and oxygen atoms in total. The van der Waals surface area contributed by atoms with Crippen LogP contribution in [-0.2, 0) is 19.1 Å². The zero-order valence-corrected chi connectivity index (χ0v) is 7.57. The van der Waals surface area contributed by atoms with Crippen molar-refractivity contribution in [2.45, 2.75) is 13.8 Å². The monoisotopic (exact) mass is 185 g/mol. The second kappa shape index (κ2) is 10.3. The number of carbonyl (C=O) groups is 2. The van der Waals surface area contributed by atoms with E-state index in [1.165, 1.54) is 6.92 Å². The molecule has 0 radical (unpaired) electrons. The molecular formula is C8H11NO4. The first-order valence-electron chi connectivity index (χ1n) is 3.46. The minimum atomic E-state index is -0.657. The highest BCUT2D eigenvalue weighted by molar-refractivity contribution is 5.90. The van der Waals surface area contributed by atoms with Gasteiger partial charge < -0.3 is 4.74 Å². The third-order valence-electron chi connectivity index (χ3n) is 0.678. The minimum Gasteiger partial charge on any atom is -0.466 e. The number of hydrogen-bond acceptors (Lipinski definition) is 4. The third-order valence-corrected chi connectivity index (χ3v) is 0.678. The van der Waals surface area contributed by atoms with Gasteiger partial charge in [-0.1, -0.05) is 6.58 Å². The molecule has 0 atom stereocenters. The Labute approximate surface area is 76.1 Å². The van der Waals surface area contributed by atoms with E-state index in [9.17, 15) is 14.4 Å². The summed E-state index contributed by atoms with van der Waals surface area (Å²) in [7, 11) is 0. The lowest BCUT2D eigenvalue weighted by Crippen LogP contribution is -1.95. The van der Waals surface area contributed by atoms with Gasteiger partial charge in [-0.15, -0.1) is 4.99 Å². The summed E-state index contributed by atoms with van der Waals surface area (Å²) >= 11 is 0. The van der Waals surface area contributed by atoms with Crippen LogP contribution in [0.15, 0.2) is 17.6 Å². The minimum absolute atomic E-state index is 0.211. The first-order chi connectivity index (χ1) is 6.08. The fourth-order valence-corrected chi connectivity index (χ4v) is 0.294. The molecule has 0 fully saturated rings. The first kappa shape index (κ1) is 13.8. The Kier molecular flexibility index (Phi) is 10.9. The van der Waals surface area contributed by atoms with E-state index in [2.05, 4.69) is 16.3 Å². The average molecular weight is 185 g/mol. The maximum Gasteiger partial charge on any atom is 0.302 e. The van der Waals surface area contributed by atoms with E-state index in [1.54, 1.807) is 6.92 Å². The number of carbonyl (C=O) groups excluding carboxylic acids is 3. The van der Waals surface area contributed by atoms with Gasteiger partial charge in [-0.25, -0.2) is 4.79 Å². The van der Waals surface area contributed by atoms with Crippen molar-refractivity contribution in [3.8, 4) is 0 Å². The number of amides is 1. The van der Waals surface area contributed by atoms with Crippen molar-refractivity contribution in [3.05, 3.63) is 12.7 Å². The predicted octanol–water partition coefficient (Wildman–Crippen LogP) is 0.604. The van der Waals surface area contributed by atoms with Crippen molar-refractivity contribution in [1.29, 1.82) is 0 Å². The van der Waals surface area contributed by atoms with Crippen LogP contribution in [-0.4, -0.2) is 24.6 Å². The number of isocyanates is 1. The summed E-state index contributed by atoms with van der Waals surface area (Å²) in [5.41, 5.74) is 0. The molecule has 13 heavy (non-hydrogen) atoms. The maximum absolute atomic E-state index is 9.86. The molecule has 72 valence electrons. The zero-order valence-electron chi connectivity index (χ0n) is 7.57. The molecule has 0 aliphatic rings.